The molecule has 0 radical (unpaired) electrons. The number of rotatable bonds is 4. The molecule has 164 valence electrons. The number of sulfonamides is 1. The lowest BCUT2D eigenvalue weighted by Gasteiger charge is -2.33. The van der Waals surface area contributed by atoms with Crippen LogP contribution < -0.4 is 5.32 Å². The second kappa shape index (κ2) is 8.07. The van der Waals surface area contributed by atoms with Crippen LogP contribution in [-0.4, -0.2) is 44.7 Å². The first-order valence-electron chi connectivity index (χ1n) is 10.4. The molecule has 0 aromatic heterocycles. The quantitative estimate of drug-likeness (QED) is 0.788. The lowest BCUT2D eigenvalue weighted by molar-refractivity contribution is -0.126. The molecular formula is C23H26FN3O3S. The van der Waals surface area contributed by atoms with E-state index in [1.807, 2.05) is 18.7 Å². The number of benzene rings is 2. The summed E-state index contributed by atoms with van der Waals surface area (Å²) in [5, 5.41) is 2.98. The van der Waals surface area contributed by atoms with Crippen molar-refractivity contribution in [1.82, 2.24) is 10.2 Å². The molecule has 8 heteroatoms. The third kappa shape index (κ3) is 4.21. The summed E-state index contributed by atoms with van der Waals surface area (Å²) in [6.07, 6.45) is 1.21. The molecule has 0 aliphatic carbocycles. The third-order valence-electron chi connectivity index (χ3n) is 6.09. The van der Waals surface area contributed by atoms with Gasteiger partial charge in [0.2, 0.25) is 5.91 Å². The average molecular weight is 444 g/mol. The number of piperidine rings is 1. The number of fused-ring (bicyclic) bond motifs is 1. The highest BCUT2D eigenvalue weighted by Gasteiger charge is 2.35. The van der Waals surface area contributed by atoms with Crippen molar-refractivity contribution in [2.45, 2.75) is 37.0 Å². The van der Waals surface area contributed by atoms with Crippen LogP contribution in [0.1, 0.15) is 37.8 Å². The Morgan fingerprint density at radius 1 is 1.13 bits per heavy atom. The van der Waals surface area contributed by atoms with E-state index < -0.39 is 15.4 Å². The Balaban J connectivity index is 1.36. The summed E-state index contributed by atoms with van der Waals surface area (Å²) in [5.74, 6) is -0.0234. The lowest BCUT2D eigenvalue weighted by Crippen LogP contribution is -2.45. The number of nitrogens with zero attached hydrogens (tertiary/aromatic N) is 2. The van der Waals surface area contributed by atoms with Crippen LogP contribution in [0.25, 0.3) is 0 Å². The van der Waals surface area contributed by atoms with Crippen molar-refractivity contribution < 1.29 is 17.6 Å². The van der Waals surface area contributed by atoms with Gasteiger partial charge in [0.25, 0.3) is 10.0 Å². The van der Waals surface area contributed by atoms with Crippen LogP contribution >= 0.6 is 0 Å². The SMILES string of the molecule is CC(C)(CNC(=O)C1CCN(C2=NS(=O)(=O)c3ccccc32)CC1)c1ccccc1F. The van der Waals surface area contributed by atoms with Gasteiger partial charge in [-0.05, 0) is 36.6 Å². The number of hydrogen-bond donors (Lipinski definition) is 1. The molecule has 1 amide bonds. The number of carbonyl (C=O) groups is 1. The monoisotopic (exact) mass is 443 g/mol. The minimum Gasteiger partial charge on any atom is -0.355 e. The highest BCUT2D eigenvalue weighted by atomic mass is 32.2. The standard InChI is InChI=1S/C23H26FN3O3S/c1-23(2,18-8-4-5-9-19(18)24)15-25-22(28)16-11-13-27(14-12-16)21-17-7-3-6-10-20(17)31(29,30)26-21/h3-10,16H,11-15H2,1-2H3,(H,25,28). The van der Waals surface area contributed by atoms with Crippen molar-refractivity contribution in [2.24, 2.45) is 10.3 Å². The minimum atomic E-state index is -3.65. The summed E-state index contributed by atoms with van der Waals surface area (Å²) in [5.41, 5.74) is 0.666. The largest absolute Gasteiger partial charge is 0.355 e. The molecule has 0 unspecified atom stereocenters. The highest BCUT2D eigenvalue weighted by Crippen LogP contribution is 2.30. The first-order chi connectivity index (χ1) is 14.7. The molecule has 2 heterocycles. The molecule has 0 atom stereocenters. The van der Waals surface area contributed by atoms with Crippen molar-refractivity contribution in [3.63, 3.8) is 0 Å². The zero-order valence-corrected chi connectivity index (χ0v) is 18.5. The number of amides is 1. The Bertz CT molecular complexity index is 1140. The molecule has 1 N–H and O–H groups in total. The molecule has 2 aliphatic heterocycles. The van der Waals surface area contributed by atoms with Gasteiger partial charge in [0.05, 0.1) is 0 Å². The summed E-state index contributed by atoms with van der Waals surface area (Å²) in [4.78, 5) is 14.9. The van der Waals surface area contributed by atoms with E-state index in [9.17, 15) is 17.6 Å². The van der Waals surface area contributed by atoms with E-state index in [-0.39, 0.29) is 22.5 Å². The Morgan fingerprint density at radius 2 is 1.77 bits per heavy atom. The number of nitrogens with one attached hydrogen (secondary N) is 1. The Kier molecular flexibility index (Phi) is 5.60. The fourth-order valence-electron chi connectivity index (χ4n) is 4.23. The fraction of sp³-hybridized carbons (Fsp3) is 0.391. The maximum atomic E-state index is 14.1. The predicted molar refractivity (Wildman–Crippen MR) is 117 cm³/mol. The Hall–Kier alpha value is -2.74. The molecule has 4 rings (SSSR count). The first kappa shape index (κ1) is 21.5. The van der Waals surface area contributed by atoms with Gasteiger partial charge in [-0.25, -0.2) is 4.39 Å². The van der Waals surface area contributed by atoms with Crippen molar-refractivity contribution in [3.8, 4) is 0 Å². The maximum Gasteiger partial charge on any atom is 0.285 e. The maximum absolute atomic E-state index is 14.1. The predicted octanol–water partition coefficient (Wildman–Crippen LogP) is 3.08. The van der Waals surface area contributed by atoms with Crippen molar-refractivity contribution in [3.05, 3.63) is 65.5 Å². The van der Waals surface area contributed by atoms with Gasteiger partial charge in [0.1, 0.15) is 10.7 Å². The number of amidine groups is 1. The molecule has 2 aliphatic rings. The molecule has 0 bridgehead atoms. The van der Waals surface area contributed by atoms with E-state index in [0.717, 1.165) is 0 Å². The van der Waals surface area contributed by atoms with E-state index in [1.54, 1.807) is 42.5 Å². The first-order valence-corrected chi connectivity index (χ1v) is 11.8. The van der Waals surface area contributed by atoms with Crippen molar-refractivity contribution in [2.75, 3.05) is 19.6 Å². The molecule has 2 aromatic rings. The smallest absolute Gasteiger partial charge is 0.285 e. The normalized spacial score (nSPS) is 18.4. The zero-order valence-electron chi connectivity index (χ0n) is 17.6. The van der Waals surface area contributed by atoms with Gasteiger partial charge >= 0.3 is 0 Å². The second-order valence-electron chi connectivity index (χ2n) is 8.73. The summed E-state index contributed by atoms with van der Waals surface area (Å²) in [6, 6.07) is 13.4. The molecule has 0 saturated carbocycles. The average Bonchev–Trinajstić information content (AvgIpc) is 3.03. The Labute approximate surface area is 182 Å². The van der Waals surface area contributed by atoms with E-state index in [2.05, 4.69) is 9.71 Å². The number of likely N-dealkylation sites (tertiary alicyclic amines) is 1. The van der Waals surface area contributed by atoms with Crippen LogP contribution in [0.15, 0.2) is 57.8 Å². The molecule has 1 saturated heterocycles. The van der Waals surface area contributed by atoms with E-state index in [4.69, 9.17) is 0 Å². The van der Waals surface area contributed by atoms with Gasteiger partial charge in [0, 0.05) is 36.5 Å². The summed E-state index contributed by atoms with van der Waals surface area (Å²) in [6.45, 7) is 5.26. The summed E-state index contributed by atoms with van der Waals surface area (Å²) in [7, 11) is -3.65. The molecule has 1 fully saturated rings. The van der Waals surface area contributed by atoms with E-state index in [0.29, 0.717) is 49.4 Å². The topological polar surface area (TPSA) is 78.8 Å². The highest BCUT2D eigenvalue weighted by molar-refractivity contribution is 7.90. The summed E-state index contributed by atoms with van der Waals surface area (Å²) >= 11 is 0. The molecular weight excluding hydrogens is 417 g/mol. The zero-order chi connectivity index (χ0) is 22.2. The third-order valence-corrected chi connectivity index (χ3v) is 7.41. The number of carbonyl (C=O) groups excluding carboxylic acids is 1. The van der Waals surface area contributed by atoms with Gasteiger partial charge in [0.15, 0.2) is 5.84 Å². The minimum absolute atomic E-state index is 0.0505. The van der Waals surface area contributed by atoms with Crippen LogP contribution in [0.2, 0.25) is 0 Å². The molecule has 0 spiro atoms. The van der Waals surface area contributed by atoms with Gasteiger partial charge in [-0.3, -0.25) is 4.79 Å². The van der Waals surface area contributed by atoms with E-state index >= 15 is 0 Å². The summed E-state index contributed by atoms with van der Waals surface area (Å²) < 4.78 is 42.7. The van der Waals surface area contributed by atoms with Crippen LogP contribution in [-0.2, 0) is 20.2 Å². The van der Waals surface area contributed by atoms with Crippen LogP contribution in [0, 0.1) is 11.7 Å². The second-order valence-corrected chi connectivity index (χ2v) is 10.3. The number of halogens is 1. The van der Waals surface area contributed by atoms with Crippen molar-refractivity contribution in [1.29, 1.82) is 0 Å². The lowest BCUT2D eigenvalue weighted by atomic mass is 9.84. The van der Waals surface area contributed by atoms with Crippen molar-refractivity contribution >= 4 is 21.8 Å². The van der Waals surface area contributed by atoms with Gasteiger partial charge < -0.3 is 10.2 Å². The van der Waals surface area contributed by atoms with Gasteiger partial charge in [-0.15, -0.1) is 4.40 Å². The molecule has 31 heavy (non-hydrogen) atoms. The fourth-order valence-corrected chi connectivity index (χ4v) is 5.46. The van der Waals surface area contributed by atoms with Gasteiger partial charge in [-0.1, -0.05) is 44.2 Å². The van der Waals surface area contributed by atoms with Crippen LogP contribution in [0.5, 0.6) is 0 Å². The molecule has 6 nitrogen and oxygen atoms in total. The van der Waals surface area contributed by atoms with Gasteiger partial charge in [-0.2, -0.15) is 8.42 Å². The van der Waals surface area contributed by atoms with Crippen LogP contribution in [0.4, 0.5) is 4.39 Å². The molecule has 2 aromatic carbocycles. The van der Waals surface area contributed by atoms with E-state index in [1.165, 1.54) is 6.07 Å². The Morgan fingerprint density at radius 3 is 2.48 bits per heavy atom. The van der Waals surface area contributed by atoms with Crippen LogP contribution in [0.3, 0.4) is 0 Å². The number of hydrogen-bond acceptors (Lipinski definition) is 4.